The van der Waals surface area contributed by atoms with Gasteiger partial charge in [0.05, 0.1) is 12.7 Å². The Bertz CT molecular complexity index is 1030. The van der Waals surface area contributed by atoms with Crippen LogP contribution in [0.4, 0.5) is 11.4 Å². The molecule has 5 heteroatoms. The molecular weight excluding hydrogens is 372 g/mol. The van der Waals surface area contributed by atoms with Crippen LogP contribution in [0.15, 0.2) is 78.9 Å². The Morgan fingerprint density at radius 2 is 1.71 bits per heavy atom. The highest BCUT2D eigenvalue weighted by Gasteiger charge is 2.31. The SMILES string of the molecule is COc1ccccc1C=CC1Nc2ccccc2C(=O)N1c1ccc(Cl)cc1. The number of benzene rings is 3. The smallest absolute Gasteiger partial charge is 0.262 e. The average molecular weight is 391 g/mol. The van der Waals surface area contributed by atoms with Gasteiger partial charge in [0.15, 0.2) is 0 Å². The van der Waals surface area contributed by atoms with E-state index in [1.54, 1.807) is 24.1 Å². The second-order valence-corrected chi connectivity index (χ2v) is 6.82. The molecule has 0 fully saturated rings. The van der Waals surface area contributed by atoms with E-state index in [2.05, 4.69) is 5.32 Å². The molecule has 0 saturated carbocycles. The lowest BCUT2D eigenvalue weighted by atomic mass is 10.1. The molecule has 4 rings (SSSR count). The standard InChI is InChI=1S/C23H19ClN2O2/c1-28-21-9-5-2-6-16(21)10-15-22-25-20-8-4-3-7-19(20)23(27)26(22)18-13-11-17(24)12-14-18/h2-15,22,25H,1H3. The molecule has 4 nitrogen and oxygen atoms in total. The highest BCUT2D eigenvalue weighted by molar-refractivity contribution is 6.30. The predicted molar refractivity (Wildman–Crippen MR) is 114 cm³/mol. The minimum atomic E-state index is -0.353. The molecule has 1 aliphatic rings. The molecule has 0 saturated heterocycles. The lowest BCUT2D eigenvalue weighted by molar-refractivity contribution is 0.0980. The number of rotatable bonds is 4. The minimum absolute atomic E-state index is 0.0636. The van der Waals surface area contributed by atoms with Crippen molar-refractivity contribution < 1.29 is 9.53 Å². The Labute approximate surface area is 169 Å². The summed E-state index contributed by atoms with van der Waals surface area (Å²) in [6.45, 7) is 0. The molecule has 28 heavy (non-hydrogen) atoms. The number of anilines is 2. The zero-order valence-corrected chi connectivity index (χ0v) is 16.1. The van der Waals surface area contributed by atoms with Gasteiger partial charge < -0.3 is 10.1 Å². The number of ether oxygens (including phenoxy) is 1. The number of carbonyl (C=O) groups excluding carboxylic acids is 1. The molecule has 1 heterocycles. The monoisotopic (exact) mass is 390 g/mol. The summed E-state index contributed by atoms with van der Waals surface area (Å²) < 4.78 is 5.42. The zero-order valence-electron chi connectivity index (χ0n) is 15.3. The molecular formula is C23H19ClN2O2. The summed E-state index contributed by atoms with van der Waals surface area (Å²) in [4.78, 5) is 15.0. The van der Waals surface area contributed by atoms with Gasteiger partial charge in [-0.3, -0.25) is 9.69 Å². The maximum atomic E-state index is 13.2. The van der Waals surface area contributed by atoms with Gasteiger partial charge in [-0.1, -0.05) is 48.0 Å². The van der Waals surface area contributed by atoms with Crippen LogP contribution in [0.1, 0.15) is 15.9 Å². The summed E-state index contributed by atoms with van der Waals surface area (Å²) in [5.41, 5.74) is 3.16. The molecule has 1 amide bonds. The van der Waals surface area contributed by atoms with Crippen molar-refractivity contribution in [2.24, 2.45) is 0 Å². The van der Waals surface area contributed by atoms with Gasteiger partial charge in [0.2, 0.25) is 0 Å². The minimum Gasteiger partial charge on any atom is -0.496 e. The number of methoxy groups -OCH3 is 1. The van der Waals surface area contributed by atoms with E-state index in [1.807, 2.05) is 72.8 Å². The van der Waals surface area contributed by atoms with E-state index in [0.717, 1.165) is 22.7 Å². The van der Waals surface area contributed by atoms with Crippen molar-refractivity contribution in [3.05, 3.63) is 95.0 Å². The summed E-state index contributed by atoms with van der Waals surface area (Å²) in [5, 5.41) is 4.07. The summed E-state index contributed by atoms with van der Waals surface area (Å²) in [7, 11) is 1.64. The van der Waals surface area contributed by atoms with E-state index >= 15 is 0 Å². The third-order valence-electron chi connectivity index (χ3n) is 4.66. The largest absolute Gasteiger partial charge is 0.496 e. The van der Waals surface area contributed by atoms with Crippen LogP contribution in [0.25, 0.3) is 6.08 Å². The number of fused-ring (bicyclic) bond motifs is 1. The van der Waals surface area contributed by atoms with Gasteiger partial charge in [-0.25, -0.2) is 0 Å². The fraction of sp³-hybridized carbons (Fsp3) is 0.0870. The quantitative estimate of drug-likeness (QED) is 0.643. The van der Waals surface area contributed by atoms with Gasteiger partial charge >= 0.3 is 0 Å². The number of nitrogens with zero attached hydrogens (tertiary/aromatic N) is 1. The normalized spacial score (nSPS) is 16.0. The van der Waals surface area contributed by atoms with E-state index < -0.39 is 0 Å². The van der Waals surface area contributed by atoms with Gasteiger partial charge in [-0.15, -0.1) is 0 Å². The molecule has 0 radical (unpaired) electrons. The van der Waals surface area contributed by atoms with Gasteiger partial charge in [0.25, 0.3) is 5.91 Å². The summed E-state index contributed by atoms with van der Waals surface area (Å²) in [5.74, 6) is 0.714. The van der Waals surface area contributed by atoms with Crippen molar-refractivity contribution in [3.63, 3.8) is 0 Å². The maximum absolute atomic E-state index is 13.2. The molecule has 140 valence electrons. The molecule has 0 aromatic heterocycles. The third-order valence-corrected chi connectivity index (χ3v) is 4.91. The second kappa shape index (κ2) is 7.79. The van der Waals surface area contributed by atoms with E-state index in [0.29, 0.717) is 10.6 Å². The Morgan fingerprint density at radius 1 is 1.00 bits per heavy atom. The Kier molecular flexibility index (Phi) is 5.04. The van der Waals surface area contributed by atoms with Crippen LogP contribution in [0.5, 0.6) is 5.75 Å². The van der Waals surface area contributed by atoms with E-state index in [-0.39, 0.29) is 12.1 Å². The molecule has 1 unspecified atom stereocenters. The predicted octanol–water partition coefficient (Wildman–Crippen LogP) is 5.46. The van der Waals surface area contributed by atoms with Crippen LogP contribution >= 0.6 is 11.6 Å². The summed E-state index contributed by atoms with van der Waals surface area (Å²) in [6, 6.07) is 22.5. The lowest BCUT2D eigenvalue weighted by Crippen LogP contribution is -2.48. The third kappa shape index (κ3) is 3.47. The number of carbonyl (C=O) groups is 1. The van der Waals surface area contributed by atoms with Gasteiger partial charge in [0.1, 0.15) is 11.9 Å². The summed E-state index contributed by atoms with van der Waals surface area (Å²) in [6.07, 6.45) is 3.56. The molecule has 1 atom stereocenters. The number of nitrogens with one attached hydrogen (secondary N) is 1. The summed E-state index contributed by atoms with van der Waals surface area (Å²) >= 11 is 6.03. The highest BCUT2D eigenvalue weighted by atomic mass is 35.5. The Morgan fingerprint density at radius 3 is 2.50 bits per heavy atom. The average Bonchev–Trinajstić information content (AvgIpc) is 2.73. The molecule has 0 aliphatic carbocycles. The molecule has 1 aliphatic heterocycles. The van der Waals surface area contributed by atoms with Crippen molar-refractivity contribution in [1.82, 2.24) is 0 Å². The molecule has 0 bridgehead atoms. The topological polar surface area (TPSA) is 41.6 Å². The van der Waals surface area contributed by atoms with E-state index in [4.69, 9.17) is 16.3 Å². The van der Waals surface area contributed by atoms with Gasteiger partial charge in [-0.2, -0.15) is 0 Å². The van der Waals surface area contributed by atoms with Crippen LogP contribution in [0.2, 0.25) is 5.02 Å². The van der Waals surface area contributed by atoms with E-state index in [1.165, 1.54) is 0 Å². The molecule has 0 spiro atoms. The number of hydrogen-bond acceptors (Lipinski definition) is 3. The van der Waals surface area contributed by atoms with Crippen LogP contribution in [-0.2, 0) is 0 Å². The first-order valence-electron chi connectivity index (χ1n) is 8.93. The van der Waals surface area contributed by atoms with Crippen molar-refractivity contribution in [2.75, 3.05) is 17.3 Å². The fourth-order valence-electron chi connectivity index (χ4n) is 3.29. The lowest BCUT2D eigenvalue weighted by Gasteiger charge is -2.36. The van der Waals surface area contributed by atoms with Crippen molar-refractivity contribution in [1.29, 1.82) is 0 Å². The Hall–Kier alpha value is -3.24. The van der Waals surface area contributed by atoms with Crippen LogP contribution < -0.4 is 15.0 Å². The first-order valence-corrected chi connectivity index (χ1v) is 9.31. The number of halogens is 1. The number of amides is 1. The Balaban J connectivity index is 1.75. The van der Waals surface area contributed by atoms with Crippen molar-refractivity contribution in [3.8, 4) is 5.75 Å². The zero-order chi connectivity index (χ0) is 19.5. The maximum Gasteiger partial charge on any atom is 0.262 e. The van der Waals surface area contributed by atoms with Crippen molar-refractivity contribution >= 4 is 35.0 Å². The second-order valence-electron chi connectivity index (χ2n) is 6.39. The van der Waals surface area contributed by atoms with Gasteiger partial charge in [-0.05, 0) is 48.5 Å². The van der Waals surface area contributed by atoms with Crippen LogP contribution in [0.3, 0.4) is 0 Å². The van der Waals surface area contributed by atoms with E-state index in [9.17, 15) is 4.79 Å². The van der Waals surface area contributed by atoms with Crippen LogP contribution in [0, 0.1) is 0 Å². The van der Waals surface area contributed by atoms with Crippen molar-refractivity contribution in [2.45, 2.75) is 6.17 Å². The number of hydrogen-bond donors (Lipinski definition) is 1. The van der Waals surface area contributed by atoms with Crippen LogP contribution in [-0.4, -0.2) is 19.2 Å². The van der Waals surface area contributed by atoms with Gasteiger partial charge in [0, 0.05) is 22.0 Å². The molecule has 3 aromatic carbocycles. The number of para-hydroxylation sites is 2. The fourth-order valence-corrected chi connectivity index (χ4v) is 3.41. The molecule has 1 N–H and O–H groups in total. The highest BCUT2D eigenvalue weighted by Crippen LogP contribution is 2.31. The molecule has 3 aromatic rings. The first-order chi connectivity index (χ1) is 13.7. The first kappa shape index (κ1) is 18.1.